The van der Waals surface area contributed by atoms with E-state index in [0.717, 1.165) is 68.6 Å². The topological polar surface area (TPSA) is 129 Å². The van der Waals surface area contributed by atoms with Gasteiger partial charge in [0.25, 0.3) is 17.7 Å². The quantitative estimate of drug-likeness (QED) is 0.198. The van der Waals surface area contributed by atoms with Crippen LogP contribution in [0.2, 0.25) is 0 Å². The zero-order valence-electron chi connectivity index (χ0n) is 30.3. The van der Waals surface area contributed by atoms with Gasteiger partial charge in [0.1, 0.15) is 23.4 Å². The van der Waals surface area contributed by atoms with E-state index >= 15 is 4.39 Å². The monoisotopic (exact) mass is 749 g/mol. The van der Waals surface area contributed by atoms with Crippen molar-refractivity contribution < 1.29 is 33.1 Å². The Morgan fingerprint density at radius 1 is 0.804 bits per heavy atom. The standard InChI is InChI=1S/C44H36FN5O6/c45-34-24-32-33(43(54)50(42(32)53)36-17-18-38(51)47-41(36)52)25-37(34)48-19-21-49(22-20-48)44(55)39-30-10-4-5-12-35(30)46-40-27(7-6-11-31(39)40)23-26-13-15-29(16-14-26)56-28-8-2-1-3-9-28/h1-5,8-10,12-16,23-25,36H,6-7,11,17-22H2,(H,47,51,52)/b27-23-. The first kappa shape index (κ1) is 35.0. The maximum Gasteiger partial charge on any atom is 0.262 e. The molecule has 0 spiro atoms. The van der Waals surface area contributed by atoms with Crippen LogP contribution in [0.4, 0.5) is 10.1 Å². The average molecular weight is 750 g/mol. The molecule has 1 aromatic heterocycles. The number of amides is 5. The van der Waals surface area contributed by atoms with Crippen molar-refractivity contribution in [1.82, 2.24) is 20.1 Å². The number of fused-ring (bicyclic) bond motifs is 3. The summed E-state index contributed by atoms with van der Waals surface area (Å²) in [7, 11) is 0. The second-order valence-electron chi connectivity index (χ2n) is 14.4. The molecular formula is C44H36FN5O6. The highest BCUT2D eigenvalue weighted by Crippen LogP contribution is 2.38. The highest BCUT2D eigenvalue weighted by Gasteiger charge is 2.45. The van der Waals surface area contributed by atoms with Crippen LogP contribution < -0.4 is 15.0 Å². The number of carbonyl (C=O) groups is 5. The Morgan fingerprint density at radius 2 is 1.50 bits per heavy atom. The number of para-hydroxylation sites is 2. The zero-order valence-corrected chi connectivity index (χ0v) is 30.3. The molecule has 280 valence electrons. The molecule has 11 nitrogen and oxygen atoms in total. The highest BCUT2D eigenvalue weighted by molar-refractivity contribution is 6.24. The van der Waals surface area contributed by atoms with Crippen molar-refractivity contribution in [2.24, 2.45) is 0 Å². The lowest BCUT2D eigenvalue weighted by molar-refractivity contribution is -0.136. The Balaban J connectivity index is 0.952. The Hall–Kier alpha value is -6.69. The number of piperidine rings is 1. The molecule has 3 aliphatic heterocycles. The van der Waals surface area contributed by atoms with Gasteiger partial charge in [-0.2, -0.15) is 0 Å². The molecule has 1 atom stereocenters. The van der Waals surface area contributed by atoms with Crippen LogP contribution in [0, 0.1) is 5.82 Å². The van der Waals surface area contributed by atoms with Crippen LogP contribution >= 0.6 is 0 Å². The highest BCUT2D eigenvalue weighted by atomic mass is 19.1. The van der Waals surface area contributed by atoms with Gasteiger partial charge >= 0.3 is 0 Å². The van der Waals surface area contributed by atoms with Crippen LogP contribution in [-0.2, 0) is 16.0 Å². The van der Waals surface area contributed by atoms with Gasteiger partial charge in [-0.1, -0.05) is 48.5 Å². The van der Waals surface area contributed by atoms with Crippen LogP contribution in [0.25, 0.3) is 22.6 Å². The Bertz CT molecular complexity index is 2490. The fourth-order valence-corrected chi connectivity index (χ4v) is 8.21. The summed E-state index contributed by atoms with van der Waals surface area (Å²) in [4.78, 5) is 74.8. The summed E-state index contributed by atoms with van der Waals surface area (Å²) in [6, 6.07) is 26.5. The zero-order chi connectivity index (χ0) is 38.5. The number of rotatable bonds is 6. The summed E-state index contributed by atoms with van der Waals surface area (Å²) in [6.07, 6.45) is 4.52. The van der Waals surface area contributed by atoms with Crippen LogP contribution in [0.15, 0.2) is 91.0 Å². The number of ether oxygens (including phenoxy) is 1. The van der Waals surface area contributed by atoms with Crippen molar-refractivity contribution in [3.63, 3.8) is 0 Å². The molecule has 4 aromatic carbocycles. The largest absolute Gasteiger partial charge is 0.457 e. The number of carbonyl (C=O) groups excluding carboxylic acids is 5. The number of anilines is 1. The number of halogens is 1. The number of piperazine rings is 1. The predicted molar refractivity (Wildman–Crippen MR) is 207 cm³/mol. The lowest BCUT2D eigenvalue weighted by Gasteiger charge is -2.37. The molecule has 0 saturated carbocycles. The van der Waals surface area contributed by atoms with Gasteiger partial charge in [0.05, 0.1) is 33.6 Å². The molecule has 5 amide bonds. The average Bonchev–Trinajstić information content (AvgIpc) is 3.45. The van der Waals surface area contributed by atoms with Crippen molar-refractivity contribution in [2.75, 3.05) is 31.1 Å². The molecule has 1 unspecified atom stereocenters. The van der Waals surface area contributed by atoms with Crippen LogP contribution in [0.5, 0.6) is 11.5 Å². The Morgan fingerprint density at radius 3 is 2.25 bits per heavy atom. The molecular weight excluding hydrogens is 714 g/mol. The Labute approximate surface area is 321 Å². The van der Waals surface area contributed by atoms with Crippen molar-refractivity contribution in [3.8, 4) is 11.5 Å². The van der Waals surface area contributed by atoms with Gasteiger partial charge in [0, 0.05) is 38.0 Å². The van der Waals surface area contributed by atoms with Gasteiger partial charge < -0.3 is 14.5 Å². The van der Waals surface area contributed by atoms with E-state index in [2.05, 4.69) is 11.4 Å². The van der Waals surface area contributed by atoms with E-state index in [1.807, 2.05) is 78.9 Å². The minimum absolute atomic E-state index is 0.00445. The van der Waals surface area contributed by atoms with E-state index in [0.29, 0.717) is 38.2 Å². The predicted octanol–water partition coefficient (Wildman–Crippen LogP) is 6.41. The van der Waals surface area contributed by atoms with Crippen molar-refractivity contribution in [1.29, 1.82) is 0 Å². The number of hydrogen-bond donors (Lipinski definition) is 1. The summed E-state index contributed by atoms with van der Waals surface area (Å²) in [6.45, 7) is 1.19. The third-order valence-electron chi connectivity index (χ3n) is 11.0. The lowest BCUT2D eigenvalue weighted by atomic mass is 9.85. The van der Waals surface area contributed by atoms with Crippen LogP contribution in [0.1, 0.15) is 73.6 Å². The van der Waals surface area contributed by atoms with Gasteiger partial charge in [0.2, 0.25) is 11.8 Å². The molecule has 2 saturated heterocycles. The first-order valence-electron chi connectivity index (χ1n) is 18.8. The van der Waals surface area contributed by atoms with Gasteiger partial charge in [-0.15, -0.1) is 0 Å². The van der Waals surface area contributed by atoms with Gasteiger partial charge in [-0.25, -0.2) is 9.37 Å². The van der Waals surface area contributed by atoms with Gasteiger partial charge in [-0.05, 0) is 90.9 Å². The maximum absolute atomic E-state index is 15.7. The first-order chi connectivity index (χ1) is 27.2. The third-order valence-corrected chi connectivity index (χ3v) is 11.0. The lowest BCUT2D eigenvalue weighted by Crippen LogP contribution is -2.54. The summed E-state index contributed by atoms with van der Waals surface area (Å²) in [5.74, 6) is -1.96. The van der Waals surface area contributed by atoms with Gasteiger partial charge in [0.15, 0.2) is 0 Å². The van der Waals surface area contributed by atoms with Crippen molar-refractivity contribution in [3.05, 3.63) is 130 Å². The molecule has 9 rings (SSSR count). The number of aromatic nitrogens is 1. The summed E-state index contributed by atoms with van der Waals surface area (Å²) in [5.41, 5.74) is 5.21. The molecule has 0 radical (unpaired) electrons. The molecule has 56 heavy (non-hydrogen) atoms. The summed E-state index contributed by atoms with van der Waals surface area (Å²) >= 11 is 0. The molecule has 2 fully saturated rings. The van der Waals surface area contributed by atoms with Crippen molar-refractivity contribution >= 4 is 57.8 Å². The molecule has 0 bridgehead atoms. The summed E-state index contributed by atoms with van der Waals surface area (Å²) in [5, 5.41) is 2.96. The smallest absolute Gasteiger partial charge is 0.262 e. The second kappa shape index (κ2) is 14.2. The van der Waals surface area contributed by atoms with Crippen LogP contribution in [0.3, 0.4) is 0 Å². The number of allylic oxidation sites excluding steroid dienone is 1. The van der Waals surface area contributed by atoms with E-state index in [1.54, 1.807) is 9.80 Å². The molecule has 4 heterocycles. The number of nitrogens with zero attached hydrogens (tertiary/aromatic N) is 4. The van der Waals surface area contributed by atoms with Gasteiger partial charge in [-0.3, -0.25) is 34.2 Å². The van der Waals surface area contributed by atoms with E-state index in [-0.39, 0.29) is 35.6 Å². The third kappa shape index (κ3) is 6.26. The first-order valence-corrected chi connectivity index (χ1v) is 18.8. The second-order valence-corrected chi connectivity index (χ2v) is 14.4. The number of pyridine rings is 1. The molecule has 1 aliphatic carbocycles. The molecule has 1 N–H and O–H groups in total. The number of nitrogens with one attached hydrogen (secondary N) is 1. The molecule has 4 aliphatic rings. The van der Waals surface area contributed by atoms with E-state index in [1.165, 1.54) is 6.07 Å². The summed E-state index contributed by atoms with van der Waals surface area (Å²) < 4.78 is 21.6. The van der Waals surface area contributed by atoms with E-state index in [9.17, 15) is 24.0 Å². The fourth-order valence-electron chi connectivity index (χ4n) is 8.21. The SMILES string of the molecule is O=C1CCC(N2C(=O)c3cc(F)c(N4CCN(C(=O)c5c6c(nc7ccccc57)/C(=C\c5ccc(Oc7ccccc7)cc5)CCC6)CC4)cc3C2=O)C(=O)N1. The maximum atomic E-state index is 15.7. The van der Waals surface area contributed by atoms with Crippen molar-refractivity contribution in [2.45, 2.75) is 38.1 Å². The van der Waals surface area contributed by atoms with Crippen LogP contribution in [-0.4, -0.2) is 76.5 Å². The minimum Gasteiger partial charge on any atom is -0.457 e. The molecule has 12 heteroatoms. The molecule has 5 aromatic rings. The minimum atomic E-state index is -1.14. The normalized spacial score (nSPS) is 19.0. The number of benzene rings is 4. The fraction of sp³-hybridized carbons (Fsp3) is 0.227. The van der Waals surface area contributed by atoms with E-state index < -0.39 is 35.5 Å². The van der Waals surface area contributed by atoms with E-state index in [4.69, 9.17) is 9.72 Å². The number of imide groups is 2. The Kier molecular flexibility index (Phi) is 8.88. The number of hydrogen-bond acceptors (Lipinski definition) is 8.